The molecular weight excluding hydrogens is 266 g/mol. The molecule has 4 nitrogen and oxygen atoms in total. The van der Waals surface area contributed by atoms with Gasteiger partial charge in [-0.25, -0.2) is 0 Å². The zero-order valence-electron chi connectivity index (χ0n) is 12.4. The molecule has 4 heteroatoms. The molecule has 0 fully saturated rings. The number of benzene rings is 1. The fourth-order valence-electron chi connectivity index (χ4n) is 1.83. The highest BCUT2D eigenvalue weighted by Crippen LogP contribution is 2.09. The van der Waals surface area contributed by atoms with Crippen molar-refractivity contribution in [1.82, 2.24) is 4.90 Å². The third-order valence-corrected chi connectivity index (χ3v) is 2.77. The zero-order chi connectivity index (χ0) is 15.7. The molecule has 1 heterocycles. The highest BCUT2D eigenvalue weighted by atomic mass is 16.3. The molecule has 2 N–H and O–H groups in total. The summed E-state index contributed by atoms with van der Waals surface area (Å²) in [5, 5.41) is 16.4. The van der Waals surface area contributed by atoms with Crippen molar-refractivity contribution in [3.63, 3.8) is 0 Å². The molecule has 21 heavy (non-hydrogen) atoms. The molecule has 0 aliphatic carbocycles. The molecule has 1 aromatic carbocycles. The van der Waals surface area contributed by atoms with Gasteiger partial charge < -0.3 is 10.2 Å². The summed E-state index contributed by atoms with van der Waals surface area (Å²) >= 11 is 0. The Morgan fingerprint density at radius 3 is 2.24 bits per heavy atom. The molecule has 0 spiro atoms. The van der Waals surface area contributed by atoms with Crippen LogP contribution in [-0.4, -0.2) is 40.3 Å². The zero-order valence-corrected chi connectivity index (χ0v) is 12.4. The summed E-state index contributed by atoms with van der Waals surface area (Å²) in [6.45, 7) is 6.19. The Hall–Kier alpha value is -2.09. The van der Waals surface area contributed by atoms with Gasteiger partial charge in [-0.15, -0.1) is 0 Å². The molecule has 0 bridgehead atoms. The van der Waals surface area contributed by atoms with Crippen LogP contribution in [0.5, 0.6) is 0 Å². The molecule has 112 valence electrons. The number of nitrogens with zero attached hydrogens (tertiary/aromatic N) is 1. The van der Waals surface area contributed by atoms with Gasteiger partial charge in [-0.1, -0.05) is 36.1 Å². The largest absolute Gasteiger partial charge is 0.483 e. The molecule has 0 radical (unpaired) electrons. The third kappa shape index (κ3) is 7.31. The molecule has 1 aliphatic heterocycles. The van der Waals surface area contributed by atoms with E-state index in [1.165, 1.54) is 5.56 Å². The van der Waals surface area contributed by atoms with Gasteiger partial charge in [0.1, 0.15) is 5.60 Å². The molecule has 0 unspecified atom stereocenters. The molecule has 0 saturated heterocycles. The van der Waals surface area contributed by atoms with E-state index < -0.39 is 5.60 Å². The second-order valence-electron chi connectivity index (χ2n) is 5.28. The number of carbonyl (C=O) groups is 1. The Morgan fingerprint density at radius 2 is 1.76 bits per heavy atom. The van der Waals surface area contributed by atoms with Gasteiger partial charge in [0.05, 0.1) is 0 Å². The molecule has 1 aliphatic rings. The fraction of sp³-hybridized carbons (Fsp3) is 0.353. The lowest BCUT2D eigenvalue weighted by Gasteiger charge is -2.14. The average molecular weight is 287 g/mol. The van der Waals surface area contributed by atoms with Crippen LogP contribution in [0.4, 0.5) is 0 Å². The summed E-state index contributed by atoms with van der Waals surface area (Å²) in [5.74, 6) is 5.80. The number of hydrogen-bond acceptors (Lipinski definition) is 3. The average Bonchev–Trinajstić information content (AvgIpc) is 2.91. The summed E-state index contributed by atoms with van der Waals surface area (Å²) in [4.78, 5) is 10.7. The molecular formula is C17H21NO3. The summed E-state index contributed by atoms with van der Waals surface area (Å²) < 4.78 is 0. The number of hydrogen-bond donors (Lipinski definition) is 2. The lowest BCUT2D eigenvalue weighted by Crippen LogP contribution is -2.18. The topological polar surface area (TPSA) is 60.8 Å². The van der Waals surface area contributed by atoms with Crippen LogP contribution in [0.15, 0.2) is 36.4 Å². The molecule has 2 rings (SSSR count). The predicted octanol–water partition coefficient (Wildman–Crippen LogP) is 1.88. The maximum absolute atomic E-state index is 9.54. The Morgan fingerprint density at radius 1 is 1.24 bits per heavy atom. The molecule has 1 aromatic rings. The van der Waals surface area contributed by atoms with Crippen molar-refractivity contribution < 1.29 is 15.0 Å². The van der Waals surface area contributed by atoms with Crippen molar-refractivity contribution in [2.75, 3.05) is 13.1 Å². The van der Waals surface area contributed by atoms with Crippen molar-refractivity contribution in [1.29, 1.82) is 0 Å². The van der Waals surface area contributed by atoms with Crippen LogP contribution in [0.25, 0.3) is 0 Å². The van der Waals surface area contributed by atoms with Crippen LogP contribution in [-0.2, 0) is 11.3 Å². The molecule has 0 atom stereocenters. The number of carboxylic acid groups (broad SMARTS) is 1. The van der Waals surface area contributed by atoms with E-state index in [4.69, 9.17) is 9.90 Å². The highest BCUT2D eigenvalue weighted by molar-refractivity contribution is 5.37. The normalized spacial score (nSPS) is 13.9. The van der Waals surface area contributed by atoms with Crippen LogP contribution in [0.2, 0.25) is 0 Å². The summed E-state index contributed by atoms with van der Waals surface area (Å²) in [5.41, 5.74) is 1.31. The lowest BCUT2D eigenvalue weighted by atomic mass is 10.1. The van der Waals surface area contributed by atoms with Gasteiger partial charge >= 0.3 is 0 Å². The second-order valence-corrected chi connectivity index (χ2v) is 5.28. The van der Waals surface area contributed by atoms with Crippen molar-refractivity contribution in [3.8, 4) is 11.8 Å². The van der Waals surface area contributed by atoms with E-state index in [1.54, 1.807) is 13.8 Å². The first-order valence-electron chi connectivity index (χ1n) is 6.74. The molecule has 0 aromatic heterocycles. The van der Waals surface area contributed by atoms with E-state index in [9.17, 15) is 5.11 Å². The Kier molecular flexibility index (Phi) is 6.67. The van der Waals surface area contributed by atoms with Gasteiger partial charge in [-0.3, -0.25) is 9.69 Å². The van der Waals surface area contributed by atoms with Crippen molar-refractivity contribution >= 4 is 6.47 Å². The van der Waals surface area contributed by atoms with Crippen LogP contribution in [0.1, 0.15) is 25.0 Å². The van der Waals surface area contributed by atoms with Crippen molar-refractivity contribution in [2.45, 2.75) is 26.0 Å². The lowest BCUT2D eigenvalue weighted by molar-refractivity contribution is -0.122. The number of aliphatic hydroxyl groups is 1. The maximum Gasteiger partial charge on any atom is 0.290 e. The Labute approximate surface area is 125 Å². The quantitative estimate of drug-likeness (QED) is 0.495. The van der Waals surface area contributed by atoms with Crippen LogP contribution < -0.4 is 0 Å². The summed E-state index contributed by atoms with van der Waals surface area (Å²) in [7, 11) is 0. The predicted molar refractivity (Wildman–Crippen MR) is 82.7 cm³/mol. The van der Waals surface area contributed by atoms with Crippen LogP contribution in [0, 0.1) is 11.8 Å². The van der Waals surface area contributed by atoms with Gasteiger partial charge in [0, 0.05) is 25.2 Å². The van der Waals surface area contributed by atoms with E-state index in [0.29, 0.717) is 0 Å². The van der Waals surface area contributed by atoms with Crippen LogP contribution >= 0.6 is 0 Å². The molecule has 0 amide bonds. The first kappa shape index (κ1) is 17.0. The monoisotopic (exact) mass is 287 g/mol. The van der Waals surface area contributed by atoms with E-state index in [1.807, 2.05) is 12.1 Å². The first-order chi connectivity index (χ1) is 9.94. The smallest absolute Gasteiger partial charge is 0.290 e. The first-order valence-corrected chi connectivity index (χ1v) is 6.74. The van der Waals surface area contributed by atoms with Gasteiger partial charge in [0.2, 0.25) is 0 Å². The van der Waals surface area contributed by atoms with E-state index >= 15 is 0 Å². The van der Waals surface area contributed by atoms with Gasteiger partial charge in [-0.05, 0) is 31.5 Å². The minimum absolute atomic E-state index is 0.250. The van der Waals surface area contributed by atoms with Crippen LogP contribution in [0.3, 0.4) is 0 Å². The number of rotatable bonds is 2. The minimum atomic E-state index is -0.931. The Bertz CT molecular complexity index is 522. The third-order valence-electron chi connectivity index (χ3n) is 2.77. The van der Waals surface area contributed by atoms with Gasteiger partial charge in [-0.2, -0.15) is 0 Å². The highest BCUT2D eigenvalue weighted by Gasteiger charge is 2.07. The van der Waals surface area contributed by atoms with Crippen molar-refractivity contribution in [2.24, 2.45) is 0 Å². The maximum atomic E-state index is 9.54. The Balaban J connectivity index is 0.000000677. The standard InChI is InChI=1S/C16H19NO.CH2O2/c1-16(2,18)10-9-14-5-7-15(8-6-14)13-17-11-3-4-12-17;2-1-3/h3-8,18H,11-13H2,1-2H3;1H,(H,2,3). The SMILES string of the molecule is CC(C)(O)C#Cc1ccc(CN2CC=CC2)cc1.O=CO. The summed E-state index contributed by atoms with van der Waals surface area (Å²) in [6, 6.07) is 8.23. The van der Waals surface area contributed by atoms with E-state index in [0.717, 1.165) is 25.2 Å². The van der Waals surface area contributed by atoms with Crippen molar-refractivity contribution in [3.05, 3.63) is 47.5 Å². The minimum Gasteiger partial charge on any atom is -0.483 e. The van der Waals surface area contributed by atoms with Gasteiger partial charge in [0.15, 0.2) is 0 Å². The fourth-order valence-corrected chi connectivity index (χ4v) is 1.83. The van der Waals surface area contributed by atoms with E-state index in [2.05, 4.69) is 41.0 Å². The second kappa shape index (κ2) is 8.25. The molecule has 0 saturated carbocycles. The summed E-state index contributed by atoms with van der Waals surface area (Å²) in [6.07, 6.45) is 4.40. The van der Waals surface area contributed by atoms with E-state index in [-0.39, 0.29) is 6.47 Å². The van der Waals surface area contributed by atoms with Gasteiger partial charge in [0.25, 0.3) is 6.47 Å².